The van der Waals surface area contributed by atoms with Crippen LogP contribution in [0.1, 0.15) is 55.9 Å². The Kier molecular flexibility index (Phi) is 2.99. The lowest BCUT2D eigenvalue weighted by molar-refractivity contribution is 0.0134. The van der Waals surface area contributed by atoms with Gasteiger partial charge in [0.25, 0.3) is 0 Å². The fourth-order valence-corrected chi connectivity index (χ4v) is 4.64. The van der Waals surface area contributed by atoms with E-state index >= 15 is 0 Å². The Hall–Kier alpha value is -0.680. The zero-order valence-corrected chi connectivity index (χ0v) is 12.0. The molecule has 1 aliphatic heterocycles. The van der Waals surface area contributed by atoms with E-state index in [1.54, 1.807) is 11.3 Å². The highest BCUT2D eigenvalue weighted by Crippen LogP contribution is 2.48. The van der Waals surface area contributed by atoms with E-state index in [-0.39, 0.29) is 0 Å². The zero-order valence-electron chi connectivity index (χ0n) is 11.2. The summed E-state index contributed by atoms with van der Waals surface area (Å²) in [6.07, 6.45) is 8.99. The van der Waals surface area contributed by atoms with E-state index < -0.39 is 0 Å². The van der Waals surface area contributed by atoms with Crippen molar-refractivity contribution in [3.8, 4) is 0 Å². The lowest BCUT2D eigenvalue weighted by Crippen LogP contribution is -2.40. The van der Waals surface area contributed by atoms with Crippen molar-refractivity contribution in [2.24, 2.45) is 5.41 Å². The summed E-state index contributed by atoms with van der Waals surface area (Å²) < 4.78 is 5.55. The molecule has 2 aliphatic carbocycles. The normalized spacial score (nSPS) is 29.8. The zero-order chi connectivity index (χ0) is 12.7. The number of nitrogens with one attached hydrogen (secondary N) is 1. The maximum atomic E-state index is 5.55. The van der Waals surface area contributed by atoms with Gasteiger partial charge < -0.3 is 10.1 Å². The molecule has 1 N–H and O–H groups in total. The van der Waals surface area contributed by atoms with Crippen molar-refractivity contribution in [3.63, 3.8) is 0 Å². The first kappa shape index (κ1) is 12.1. The summed E-state index contributed by atoms with van der Waals surface area (Å²) in [6, 6.07) is 0.580. The minimum Gasteiger partial charge on any atom is -0.381 e. The molecule has 19 heavy (non-hydrogen) atoms. The number of rotatable bonds is 3. The second-order valence-electron chi connectivity index (χ2n) is 6.28. The molecule has 0 aromatic carbocycles. The SMILES string of the molecule is C1C[C@H](Nc2nnc(C3CC3)s2)C2(C1)CCOCC2. The molecule has 5 heteroatoms. The number of aromatic nitrogens is 2. The molecule has 1 aromatic heterocycles. The summed E-state index contributed by atoms with van der Waals surface area (Å²) in [5.41, 5.74) is 0.462. The highest BCUT2D eigenvalue weighted by Gasteiger charge is 2.44. The Labute approximate surface area is 118 Å². The van der Waals surface area contributed by atoms with Crippen molar-refractivity contribution in [2.45, 2.75) is 56.9 Å². The van der Waals surface area contributed by atoms with Gasteiger partial charge in [0, 0.05) is 25.2 Å². The quantitative estimate of drug-likeness (QED) is 0.923. The van der Waals surface area contributed by atoms with Crippen molar-refractivity contribution < 1.29 is 4.74 Å². The van der Waals surface area contributed by atoms with Crippen LogP contribution in [0.15, 0.2) is 0 Å². The minimum atomic E-state index is 0.462. The van der Waals surface area contributed by atoms with Crippen molar-refractivity contribution in [1.82, 2.24) is 10.2 Å². The molecular weight excluding hydrogens is 258 g/mol. The summed E-state index contributed by atoms with van der Waals surface area (Å²) in [7, 11) is 0. The standard InChI is InChI=1S/C14H21N3OS/c1-2-11(14(5-1)6-8-18-9-7-14)15-13-17-16-12(19-13)10-3-4-10/h10-11H,1-9H2,(H,15,17)/t11-/m0/s1. The third-order valence-electron chi connectivity index (χ3n) is 5.06. The average Bonchev–Trinajstić information content (AvgIpc) is 3.09. The van der Waals surface area contributed by atoms with E-state index in [0.29, 0.717) is 17.4 Å². The average molecular weight is 279 g/mol. The molecule has 1 atom stereocenters. The van der Waals surface area contributed by atoms with Crippen LogP contribution in [0.2, 0.25) is 0 Å². The third-order valence-corrected chi connectivity index (χ3v) is 6.08. The van der Waals surface area contributed by atoms with Crippen molar-refractivity contribution in [3.05, 3.63) is 5.01 Å². The lowest BCUT2D eigenvalue weighted by Gasteiger charge is -2.39. The fourth-order valence-electron chi connectivity index (χ4n) is 3.68. The third kappa shape index (κ3) is 2.27. The number of ether oxygens (including phenoxy) is 1. The topological polar surface area (TPSA) is 47.0 Å². The Morgan fingerprint density at radius 1 is 1.11 bits per heavy atom. The molecule has 1 aromatic rings. The smallest absolute Gasteiger partial charge is 0.205 e. The molecule has 0 radical (unpaired) electrons. The molecule has 3 aliphatic rings. The van der Waals surface area contributed by atoms with Crippen molar-refractivity contribution in [2.75, 3.05) is 18.5 Å². The molecule has 0 unspecified atom stereocenters. The van der Waals surface area contributed by atoms with Gasteiger partial charge in [-0.3, -0.25) is 0 Å². The predicted molar refractivity (Wildman–Crippen MR) is 75.6 cm³/mol. The Morgan fingerprint density at radius 2 is 1.95 bits per heavy atom. The summed E-state index contributed by atoms with van der Waals surface area (Å²) >= 11 is 1.77. The van der Waals surface area contributed by atoms with Crippen LogP contribution in [0.3, 0.4) is 0 Å². The van der Waals surface area contributed by atoms with E-state index in [9.17, 15) is 0 Å². The van der Waals surface area contributed by atoms with Crippen LogP contribution in [0, 0.1) is 5.41 Å². The molecule has 3 fully saturated rings. The number of nitrogens with zero attached hydrogens (tertiary/aromatic N) is 2. The van der Waals surface area contributed by atoms with Gasteiger partial charge in [0.15, 0.2) is 0 Å². The van der Waals surface area contributed by atoms with Gasteiger partial charge >= 0.3 is 0 Å². The maximum Gasteiger partial charge on any atom is 0.205 e. The Bertz CT molecular complexity index is 451. The van der Waals surface area contributed by atoms with Gasteiger partial charge in [-0.2, -0.15) is 0 Å². The monoisotopic (exact) mass is 279 g/mol. The van der Waals surface area contributed by atoms with Gasteiger partial charge in [0.2, 0.25) is 5.13 Å². The molecule has 104 valence electrons. The van der Waals surface area contributed by atoms with Gasteiger partial charge in [0.1, 0.15) is 5.01 Å². The second-order valence-corrected chi connectivity index (χ2v) is 7.29. The first-order valence-electron chi connectivity index (χ1n) is 7.53. The van der Waals surface area contributed by atoms with E-state index in [2.05, 4.69) is 15.5 Å². The first-order valence-corrected chi connectivity index (χ1v) is 8.35. The molecule has 1 saturated heterocycles. The van der Waals surface area contributed by atoms with Crippen LogP contribution in [0.25, 0.3) is 0 Å². The maximum absolute atomic E-state index is 5.55. The highest BCUT2D eigenvalue weighted by atomic mass is 32.1. The Morgan fingerprint density at radius 3 is 2.74 bits per heavy atom. The minimum absolute atomic E-state index is 0.462. The van der Waals surface area contributed by atoms with Gasteiger partial charge in [-0.15, -0.1) is 10.2 Å². The molecule has 4 rings (SSSR count). The number of hydrogen-bond donors (Lipinski definition) is 1. The summed E-state index contributed by atoms with van der Waals surface area (Å²) in [5, 5.41) is 14.7. The van der Waals surface area contributed by atoms with Gasteiger partial charge in [-0.1, -0.05) is 17.8 Å². The molecule has 2 saturated carbocycles. The molecular formula is C14H21N3OS. The van der Waals surface area contributed by atoms with Crippen LogP contribution in [0.4, 0.5) is 5.13 Å². The van der Waals surface area contributed by atoms with Crippen LogP contribution < -0.4 is 5.32 Å². The van der Waals surface area contributed by atoms with E-state index in [4.69, 9.17) is 4.74 Å². The van der Waals surface area contributed by atoms with Crippen LogP contribution in [0.5, 0.6) is 0 Å². The van der Waals surface area contributed by atoms with E-state index in [1.807, 2.05) is 0 Å². The molecule has 0 amide bonds. The number of hydrogen-bond acceptors (Lipinski definition) is 5. The molecule has 1 spiro atoms. The highest BCUT2D eigenvalue weighted by molar-refractivity contribution is 7.15. The summed E-state index contributed by atoms with van der Waals surface area (Å²) in [4.78, 5) is 0. The first-order chi connectivity index (χ1) is 9.36. The summed E-state index contributed by atoms with van der Waals surface area (Å²) in [6.45, 7) is 1.86. The van der Waals surface area contributed by atoms with Crippen LogP contribution in [-0.2, 0) is 4.74 Å². The van der Waals surface area contributed by atoms with Gasteiger partial charge in [-0.05, 0) is 43.9 Å². The fraction of sp³-hybridized carbons (Fsp3) is 0.857. The van der Waals surface area contributed by atoms with Gasteiger partial charge in [-0.25, -0.2) is 0 Å². The van der Waals surface area contributed by atoms with Gasteiger partial charge in [0.05, 0.1) is 0 Å². The summed E-state index contributed by atoms with van der Waals surface area (Å²) in [5.74, 6) is 0.716. The molecule has 0 bridgehead atoms. The van der Waals surface area contributed by atoms with E-state index in [0.717, 1.165) is 18.3 Å². The molecule has 2 heterocycles. The lowest BCUT2D eigenvalue weighted by atomic mass is 9.76. The van der Waals surface area contributed by atoms with Crippen LogP contribution >= 0.6 is 11.3 Å². The van der Waals surface area contributed by atoms with E-state index in [1.165, 1.54) is 50.0 Å². The largest absolute Gasteiger partial charge is 0.381 e. The van der Waals surface area contributed by atoms with Crippen molar-refractivity contribution >= 4 is 16.5 Å². The second kappa shape index (κ2) is 4.70. The predicted octanol–water partition coefficient (Wildman–Crippen LogP) is 3.18. The Balaban J connectivity index is 1.47. The number of anilines is 1. The van der Waals surface area contributed by atoms with Crippen LogP contribution in [-0.4, -0.2) is 29.5 Å². The molecule has 4 nitrogen and oxygen atoms in total. The van der Waals surface area contributed by atoms with Crippen molar-refractivity contribution in [1.29, 1.82) is 0 Å².